The summed E-state index contributed by atoms with van der Waals surface area (Å²) in [4.78, 5) is 40.0. The molecule has 0 radical (unpaired) electrons. The molecule has 10 heteroatoms. The average Bonchev–Trinajstić information content (AvgIpc) is 3.38. The van der Waals surface area contributed by atoms with Crippen LogP contribution in [0.1, 0.15) is 323 Å². The highest BCUT2D eigenvalue weighted by molar-refractivity contribution is 7.45. The van der Waals surface area contributed by atoms with Crippen LogP contribution in [0.25, 0.3) is 0 Å². The number of phosphoric ester groups is 1. The fourth-order valence-electron chi connectivity index (χ4n) is 9.69. The van der Waals surface area contributed by atoms with Crippen LogP contribution in [0.2, 0.25) is 0 Å². The lowest BCUT2D eigenvalue weighted by Crippen LogP contribution is -2.47. The maximum atomic E-state index is 13.5. The lowest BCUT2D eigenvalue weighted by molar-refractivity contribution is -0.870. The van der Waals surface area contributed by atoms with Gasteiger partial charge in [-0.25, -0.2) is 0 Å². The molecule has 0 aliphatic heterocycles. The van der Waals surface area contributed by atoms with Gasteiger partial charge in [0.1, 0.15) is 19.3 Å². The SMILES string of the molecule is CCCCCCCC/C=C/CCCCCCCCCCCCCCCC(=O)OC(/C=C\CCCCCCCCCCC)C(COP(=O)([O-])OCC[N+](C)(C)C)NC(=O)CCCCCCC/C=C/CCCCCCCCC. The van der Waals surface area contributed by atoms with Gasteiger partial charge in [0, 0.05) is 12.8 Å². The van der Waals surface area contributed by atoms with E-state index in [4.69, 9.17) is 13.8 Å². The number of phosphoric acid groups is 1. The highest BCUT2D eigenvalue weighted by Gasteiger charge is 2.27. The lowest BCUT2D eigenvalue weighted by atomic mass is 10.0. The molecule has 0 heterocycles. The van der Waals surface area contributed by atoms with Crippen LogP contribution in [0.5, 0.6) is 0 Å². The summed E-state index contributed by atoms with van der Waals surface area (Å²) in [7, 11) is 1.19. The smallest absolute Gasteiger partial charge is 0.306 e. The van der Waals surface area contributed by atoms with Gasteiger partial charge in [0.25, 0.3) is 7.82 Å². The second-order valence-corrected chi connectivity index (χ2v) is 25.0. The third-order valence-corrected chi connectivity index (χ3v) is 15.8. The highest BCUT2D eigenvalue weighted by Crippen LogP contribution is 2.38. The summed E-state index contributed by atoms with van der Waals surface area (Å²) in [5, 5.41) is 3.03. The molecule has 0 rings (SSSR count). The lowest BCUT2D eigenvalue weighted by Gasteiger charge is -2.30. The number of unbranched alkanes of at least 4 members (excludes halogenated alkanes) is 40. The summed E-state index contributed by atoms with van der Waals surface area (Å²) >= 11 is 0. The molecule has 0 spiro atoms. The number of carbonyl (C=O) groups excluding carboxylic acids is 2. The van der Waals surface area contributed by atoms with Crippen LogP contribution in [0.15, 0.2) is 36.5 Å². The van der Waals surface area contributed by atoms with Crippen molar-refractivity contribution in [2.24, 2.45) is 0 Å². The summed E-state index contributed by atoms with van der Waals surface area (Å²) in [5.74, 6) is -0.538. The summed E-state index contributed by atoms with van der Waals surface area (Å²) < 4.78 is 30.3. The zero-order valence-electron chi connectivity index (χ0n) is 51.2. The molecule has 0 aliphatic rings. The van der Waals surface area contributed by atoms with Gasteiger partial charge in [-0.15, -0.1) is 0 Å². The maximum absolute atomic E-state index is 13.5. The van der Waals surface area contributed by atoms with E-state index in [9.17, 15) is 19.0 Å². The monoisotopic (exact) mass is 1090 g/mol. The Morgan fingerprint density at radius 2 is 0.763 bits per heavy atom. The summed E-state index contributed by atoms with van der Waals surface area (Å²) in [6.45, 7) is 6.86. The van der Waals surface area contributed by atoms with Crippen molar-refractivity contribution in [1.82, 2.24) is 5.32 Å². The first-order valence-corrected chi connectivity index (χ1v) is 34.3. The van der Waals surface area contributed by atoms with Crippen LogP contribution in [-0.4, -0.2) is 69.4 Å². The second-order valence-electron chi connectivity index (χ2n) is 23.6. The number of likely N-dealkylation sites (N-methyl/N-ethyl adjacent to an activating group) is 1. The van der Waals surface area contributed by atoms with Crippen molar-refractivity contribution in [3.63, 3.8) is 0 Å². The summed E-state index contributed by atoms with van der Waals surface area (Å²) in [6.07, 6.45) is 68.3. The maximum Gasteiger partial charge on any atom is 0.306 e. The molecule has 3 unspecified atom stereocenters. The number of amides is 1. The molecule has 0 saturated heterocycles. The zero-order chi connectivity index (χ0) is 55.7. The predicted molar refractivity (Wildman–Crippen MR) is 326 cm³/mol. The largest absolute Gasteiger partial charge is 0.756 e. The first-order valence-electron chi connectivity index (χ1n) is 32.8. The Hall–Kier alpha value is -1.77. The Morgan fingerprint density at radius 1 is 0.447 bits per heavy atom. The van der Waals surface area contributed by atoms with Gasteiger partial charge in [0.2, 0.25) is 5.91 Å². The first-order chi connectivity index (χ1) is 36.9. The average molecular weight is 1090 g/mol. The molecule has 1 N–H and O–H groups in total. The fraction of sp³-hybridized carbons (Fsp3) is 0.879. The molecule has 9 nitrogen and oxygen atoms in total. The van der Waals surface area contributed by atoms with E-state index >= 15 is 0 Å². The van der Waals surface area contributed by atoms with Gasteiger partial charge in [-0.3, -0.25) is 14.2 Å². The standard InChI is InChI=1S/C66H127N2O7P/c1-7-10-13-16-19-22-25-27-29-31-32-33-34-35-36-37-39-41-44-47-50-53-56-59-66(70)75-64(57-54-51-48-45-42-24-21-18-15-12-9-3)63(62-74-76(71,72)73-61-60-68(4,5)6)67-65(69)58-55-52-49-46-43-40-38-30-28-26-23-20-17-14-11-8-2/h27,29-30,38,54,57,63-64H,7-26,28,31-37,39-53,55-56,58-62H2,1-6H3,(H-,67,69,71,72)/b29-27+,38-30+,57-54-. The first kappa shape index (κ1) is 74.2. The van der Waals surface area contributed by atoms with Crippen molar-refractivity contribution in [2.45, 2.75) is 335 Å². The minimum Gasteiger partial charge on any atom is -0.756 e. The van der Waals surface area contributed by atoms with E-state index in [1.54, 1.807) is 0 Å². The Balaban J connectivity index is 5.10. The van der Waals surface area contributed by atoms with Gasteiger partial charge in [-0.1, -0.05) is 263 Å². The van der Waals surface area contributed by atoms with E-state index in [2.05, 4.69) is 50.4 Å². The molecule has 0 saturated carbocycles. The van der Waals surface area contributed by atoms with Crippen molar-refractivity contribution in [1.29, 1.82) is 0 Å². The van der Waals surface area contributed by atoms with E-state index in [1.807, 2.05) is 33.3 Å². The molecule has 0 aliphatic carbocycles. The quantitative estimate of drug-likeness (QED) is 0.0212. The van der Waals surface area contributed by atoms with Gasteiger partial charge in [-0.05, 0) is 83.1 Å². The van der Waals surface area contributed by atoms with E-state index in [0.717, 1.165) is 77.0 Å². The zero-order valence-corrected chi connectivity index (χ0v) is 52.1. The van der Waals surface area contributed by atoms with Gasteiger partial charge in [0.15, 0.2) is 0 Å². The van der Waals surface area contributed by atoms with Crippen molar-refractivity contribution < 1.29 is 37.3 Å². The van der Waals surface area contributed by atoms with E-state index in [1.165, 1.54) is 212 Å². The number of nitrogens with one attached hydrogen (secondary N) is 1. The molecule has 0 aromatic carbocycles. The highest BCUT2D eigenvalue weighted by atomic mass is 31.2. The third kappa shape index (κ3) is 56.9. The molecular weight excluding hydrogens is 964 g/mol. The Kier molecular flexibility index (Phi) is 55.2. The normalized spacial score (nSPS) is 13.8. The van der Waals surface area contributed by atoms with Crippen LogP contribution in [0, 0.1) is 0 Å². The number of allylic oxidation sites excluding steroid dienone is 5. The molecule has 3 atom stereocenters. The van der Waals surface area contributed by atoms with E-state index < -0.39 is 20.0 Å². The molecule has 0 aromatic heterocycles. The van der Waals surface area contributed by atoms with Crippen LogP contribution in [0.3, 0.4) is 0 Å². The molecule has 448 valence electrons. The molecule has 0 aromatic rings. The predicted octanol–water partition coefficient (Wildman–Crippen LogP) is 19.7. The van der Waals surface area contributed by atoms with Crippen LogP contribution in [-0.2, 0) is 27.9 Å². The third-order valence-electron chi connectivity index (χ3n) is 14.8. The minimum absolute atomic E-state index is 0.0219. The second kappa shape index (κ2) is 56.5. The number of hydrogen-bond acceptors (Lipinski definition) is 7. The summed E-state index contributed by atoms with van der Waals surface area (Å²) in [5.41, 5.74) is 0. The molecule has 1 amide bonds. The topological polar surface area (TPSA) is 114 Å². The number of hydrogen-bond donors (Lipinski definition) is 1. The minimum atomic E-state index is -4.70. The Morgan fingerprint density at radius 3 is 1.12 bits per heavy atom. The van der Waals surface area contributed by atoms with Crippen LogP contribution >= 0.6 is 7.82 Å². The van der Waals surface area contributed by atoms with Gasteiger partial charge in [0.05, 0.1) is 33.8 Å². The number of nitrogens with zero attached hydrogens (tertiary/aromatic N) is 1. The molecule has 0 fully saturated rings. The number of quaternary nitrogens is 1. The van der Waals surface area contributed by atoms with Crippen molar-refractivity contribution >= 4 is 19.7 Å². The van der Waals surface area contributed by atoms with Gasteiger partial charge >= 0.3 is 5.97 Å². The molecule has 76 heavy (non-hydrogen) atoms. The van der Waals surface area contributed by atoms with E-state index in [0.29, 0.717) is 17.4 Å². The number of carbonyl (C=O) groups is 2. The number of ether oxygens (including phenoxy) is 1. The number of rotatable bonds is 60. The molecular formula is C66H127N2O7P. The van der Waals surface area contributed by atoms with E-state index in [-0.39, 0.29) is 31.5 Å². The van der Waals surface area contributed by atoms with Crippen LogP contribution < -0.4 is 10.2 Å². The van der Waals surface area contributed by atoms with Crippen molar-refractivity contribution in [3.8, 4) is 0 Å². The molecule has 0 bridgehead atoms. The van der Waals surface area contributed by atoms with Crippen LogP contribution in [0.4, 0.5) is 0 Å². The Labute approximate surface area is 472 Å². The Bertz CT molecular complexity index is 1400. The number of esters is 1. The fourth-order valence-corrected chi connectivity index (χ4v) is 10.4. The summed E-state index contributed by atoms with van der Waals surface area (Å²) in [6, 6.07) is -0.889. The van der Waals surface area contributed by atoms with Gasteiger partial charge in [-0.2, -0.15) is 0 Å². The van der Waals surface area contributed by atoms with Gasteiger partial charge < -0.3 is 28.5 Å². The van der Waals surface area contributed by atoms with Crippen molar-refractivity contribution in [3.05, 3.63) is 36.5 Å². The van der Waals surface area contributed by atoms with Crippen molar-refractivity contribution in [2.75, 3.05) is 40.9 Å².